The number of aromatic nitrogens is 1. The second-order valence-electron chi connectivity index (χ2n) is 3.08. The Morgan fingerprint density at radius 1 is 1.12 bits per heavy atom. The van der Waals surface area contributed by atoms with Crippen LogP contribution in [0.3, 0.4) is 0 Å². The van der Waals surface area contributed by atoms with Crippen LogP contribution in [0, 0.1) is 0 Å². The predicted molar refractivity (Wildman–Crippen MR) is 55.9 cm³/mol. The van der Waals surface area contributed by atoms with E-state index in [1.54, 1.807) is 0 Å². The van der Waals surface area contributed by atoms with Gasteiger partial charge < -0.3 is 17.1 Å². The standard InChI is InChI=1S/C8H12NO.C3H6O3.ClH/c1-2-10-8-9-6-4-3-5-7-9;1-2-4-6-5-3-1;/h3-7H,2,8H2,1H3;1-3H2;1H/q+1;;/p-1. The highest BCUT2D eigenvalue weighted by molar-refractivity contribution is 4.83. The zero-order valence-corrected chi connectivity index (χ0v) is 10.6. The maximum atomic E-state index is 5.18. The van der Waals surface area contributed by atoms with Crippen LogP contribution in [0.1, 0.15) is 13.3 Å². The molecular weight excluding hydrogens is 246 g/mol. The summed E-state index contributed by atoms with van der Waals surface area (Å²) in [4.78, 5) is 8.69. The Morgan fingerprint density at radius 2 is 1.76 bits per heavy atom. The molecule has 5 nitrogen and oxygen atoms in total. The van der Waals surface area contributed by atoms with Gasteiger partial charge in [-0.15, -0.1) is 0 Å². The highest BCUT2D eigenvalue weighted by atomic mass is 35.5. The molecule has 0 saturated carbocycles. The second-order valence-corrected chi connectivity index (χ2v) is 3.08. The van der Waals surface area contributed by atoms with Gasteiger partial charge in [-0.2, -0.15) is 4.57 Å². The van der Waals surface area contributed by atoms with Crippen molar-refractivity contribution in [3.05, 3.63) is 30.6 Å². The maximum Gasteiger partial charge on any atom is 0.252 e. The molecule has 2 rings (SSSR count). The Morgan fingerprint density at radius 3 is 2.18 bits per heavy atom. The lowest BCUT2D eigenvalue weighted by Crippen LogP contribution is -3.00. The van der Waals surface area contributed by atoms with Crippen LogP contribution in [0.4, 0.5) is 0 Å². The van der Waals surface area contributed by atoms with E-state index in [2.05, 4.69) is 14.8 Å². The molecule has 6 heteroatoms. The molecule has 0 bridgehead atoms. The van der Waals surface area contributed by atoms with Gasteiger partial charge in [-0.3, -0.25) is 0 Å². The Kier molecular flexibility index (Phi) is 11.3. The van der Waals surface area contributed by atoms with E-state index >= 15 is 0 Å². The number of hydrogen-bond acceptors (Lipinski definition) is 4. The fourth-order valence-electron chi connectivity index (χ4n) is 0.996. The number of pyridine rings is 1. The summed E-state index contributed by atoms with van der Waals surface area (Å²) < 4.78 is 7.17. The van der Waals surface area contributed by atoms with E-state index in [0.29, 0.717) is 19.9 Å². The summed E-state index contributed by atoms with van der Waals surface area (Å²) >= 11 is 0. The van der Waals surface area contributed by atoms with Gasteiger partial charge in [0.05, 0.1) is 19.8 Å². The first-order chi connectivity index (χ1) is 7.93. The highest BCUT2D eigenvalue weighted by Crippen LogP contribution is 1.93. The highest BCUT2D eigenvalue weighted by Gasteiger charge is 1.96. The molecule has 0 aromatic carbocycles. The van der Waals surface area contributed by atoms with Crippen LogP contribution >= 0.6 is 0 Å². The van der Waals surface area contributed by atoms with Crippen molar-refractivity contribution in [1.29, 1.82) is 0 Å². The average Bonchev–Trinajstić information content (AvgIpc) is 2.40. The van der Waals surface area contributed by atoms with Crippen molar-refractivity contribution in [2.24, 2.45) is 0 Å². The zero-order valence-electron chi connectivity index (χ0n) is 9.88. The van der Waals surface area contributed by atoms with Crippen molar-refractivity contribution in [2.45, 2.75) is 20.1 Å². The summed E-state index contributed by atoms with van der Waals surface area (Å²) in [5.74, 6) is 0. The normalized spacial score (nSPS) is 14.2. The lowest BCUT2D eigenvalue weighted by atomic mass is 10.5. The van der Waals surface area contributed by atoms with Crippen LogP contribution in [0.15, 0.2) is 30.6 Å². The van der Waals surface area contributed by atoms with Crippen LogP contribution in [0.5, 0.6) is 0 Å². The molecule has 0 unspecified atom stereocenters. The van der Waals surface area contributed by atoms with Crippen molar-refractivity contribution in [3.63, 3.8) is 0 Å². The smallest absolute Gasteiger partial charge is 0.252 e. The first-order valence-corrected chi connectivity index (χ1v) is 5.36. The van der Waals surface area contributed by atoms with Crippen LogP contribution in [0.2, 0.25) is 0 Å². The van der Waals surface area contributed by atoms with Gasteiger partial charge in [0.15, 0.2) is 12.4 Å². The zero-order chi connectivity index (χ0) is 11.5. The number of hydrogen-bond donors (Lipinski definition) is 0. The third-order valence-electron chi connectivity index (χ3n) is 1.77. The second kappa shape index (κ2) is 11.8. The predicted octanol–water partition coefficient (Wildman–Crippen LogP) is -1.76. The van der Waals surface area contributed by atoms with Gasteiger partial charge in [0, 0.05) is 18.6 Å². The number of nitrogens with zero attached hydrogens (tertiary/aromatic N) is 1. The topological polar surface area (TPSA) is 40.8 Å². The fourth-order valence-corrected chi connectivity index (χ4v) is 0.996. The summed E-state index contributed by atoms with van der Waals surface area (Å²) in [6.07, 6.45) is 4.89. The molecule has 17 heavy (non-hydrogen) atoms. The molecule has 0 spiro atoms. The molecule has 1 aliphatic rings. The van der Waals surface area contributed by atoms with Gasteiger partial charge in [-0.05, 0) is 6.92 Å². The monoisotopic (exact) mass is 263 g/mol. The minimum Gasteiger partial charge on any atom is -1.00 e. The quantitative estimate of drug-likeness (QED) is 0.479. The van der Waals surface area contributed by atoms with Crippen LogP contribution in [-0.4, -0.2) is 19.8 Å². The van der Waals surface area contributed by atoms with Crippen molar-refractivity contribution in [1.82, 2.24) is 0 Å². The molecule has 0 radical (unpaired) electrons. The van der Waals surface area contributed by atoms with E-state index in [1.165, 1.54) is 0 Å². The van der Waals surface area contributed by atoms with Gasteiger partial charge in [0.25, 0.3) is 6.73 Å². The van der Waals surface area contributed by atoms with E-state index in [9.17, 15) is 0 Å². The lowest BCUT2D eigenvalue weighted by molar-refractivity contribution is -0.732. The van der Waals surface area contributed by atoms with Crippen molar-refractivity contribution >= 4 is 0 Å². The molecule has 1 aromatic heterocycles. The third kappa shape index (κ3) is 9.02. The summed E-state index contributed by atoms with van der Waals surface area (Å²) in [6, 6.07) is 5.96. The molecule has 0 N–H and O–H groups in total. The van der Waals surface area contributed by atoms with Gasteiger partial charge >= 0.3 is 0 Å². The minimum absolute atomic E-state index is 0. The molecule has 1 saturated heterocycles. The van der Waals surface area contributed by atoms with E-state index in [1.807, 2.05) is 42.1 Å². The largest absolute Gasteiger partial charge is 1.00 e. The molecule has 0 atom stereocenters. The number of halogens is 1. The third-order valence-corrected chi connectivity index (χ3v) is 1.77. The Balaban J connectivity index is 0.000000316. The summed E-state index contributed by atoms with van der Waals surface area (Å²) in [7, 11) is 0. The van der Waals surface area contributed by atoms with Crippen molar-refractivity contribution in [3.8, 4) is 0 Å². The van der Waals surface area contributed by atoms with E-state index in [0.717, 1.165) is 13.0 Å². The van der Waals surface area contributed by atoms with Crippen molar-refractivity contribution < 1.29 is 36.5 Å². The van der Waals surface area contributed by atoms with Crippen molar-refractivity contribution in [2.75, 3.05) is 19.8 Å². The van der Waals surface area contributed by atoms with Gasteiger partial charge in [-0.1, -0.05) is 11.1 Å². The average molecular weight is 264 g/mol. The Labute approximate surface area is 108 Å². The van der Waals surface area contributed by atoms with Crippen LogP contribution in [-0.2, 0) is 26.3 Å². The molecule has 98 valence electrons. The fraction of sp³-hybridized carbons (Fsp3) is 0.545. The van der Waals surface area contributed by atoms with Gasteiger partial charge in [0.2, 0.25) is 0 Å². The summed E-state index contributed by atoms with van der Waals surface area (Å²) in [5, 5.41) is 4.07. The van der Waals surface area contributed by atoms with Gasteiger partial charge in [-0.25, -0.2) is 9.78 Å². The SMILES string of the molecule is C1COOOC1.CCOC[n+]1ccccc1.[Cl-]. The molecule has 2 heterocycles. The molecule has 1 aromatic rings. The Hall–Kier alpha value is -0.720. The molecular formula is C11H18ClNO4. The lowest BCUT2D eigenvalue weighted by Gasteiger charge is -2.06. The minimum atomic E-state index is 0. The molecule has 1 fully saturated rings. The summed E-state index contributed by atoms with van der Waals surface area (Å²) in [6.45, 7) is 4.71. The number of ether oxygens (including phenoxy) is 1. The first-order valence-electron chi connectivity index (χ1n) is 5.36. The summed E-state index contributed by atoms with van der Waals surface area (Å²) in [5.41, 5.74) is 0. The van der Waals surface area contributed by atoms with E-state index in [-0.39, 0.29) is 12.4 Å². The number of rotatable bonds is 3. The molecule has 1 aliphatic heterocycles. The Bertz CT molecular complexity index is 245. The van der Waals surface area contributed by atoms with Gasteiger partial charge in [0.1, 0.15) is 0 Å². The maximum absolute atomic E-state index is 5.18. The van der Waals surface area contributed by atoms with E-state index in [4.69, 9.17) is 4.74 Å². The van der Waals surface area contributed by atoms with Crippen LogP contribution in [0.25, 0.3) is 0 Å². The van der Waals surface area contributed by atoms with Crippen LogP contribution < -0.4 is 17.0 Å². The first kappa shape index (κ1) is 16.3. The van der Waals surface area contributed by atoms with E-state index < -0.39 is 0 Å². The molecule has 0 amide bonds. The molecule has 0 aliphatic carbocycles.